The lowest BCUT2D eigenvalue weighted by molar-refractivity contribution is -0.316. The van der Waals surface area contributed by atoms with Gasteiger partial charge in [-0.3, -0.25) is 0 Å². The summed E-state index contributed by atoms with van der Waals surface area (Å²) in [6.07, 6.45) is 5.64. The van der Waals surface area contributed by atoms with E-state index in [-0.39, 0.29) is 17.3 Å². The first kappa shape index (κ1) is 29.4. The van der Waals surface area contributed by atoms with Crippen LogP contribution in [0.2, 0.25) is 0 Å². The van der Waals surface area contributed by atoms with Crippen LogP contribution in [0.3, 0.4) is 0 Å². The van der Waals surface area contributed by atoms with Crippen molar-refractivity contribution in [2.75, 3.05) is 13.2 Å². The standard InChI is InChI=1S/C33H54O8/c1-17-7-12-33(38-16-17)18(2)26-24(41-33)14-23-21-6-5-19-13-20(8-10-31(19,3)22(21)9-11-32(23,26)4)39-30-29(37)28(36)27(35)25(15-34)40-30/h17-30,34-37H,5-16H2,1-4H3/t17?,18-,19?,20?,21+,22-,23-,24-,25+,26-,27+,28-,29+,30+,31-,32-,33+/m0/s1. The molecule has 0 aromatic carbocycles. The minimum atomic E-state index is -1.40. The van der Waals surface area contributed by atoms with Gasteiger partial charge >= 0.3 is 0 Å². The highest BCUT2D eigenvalue weighted by molar-refractivity contribution is 5.15. The van der Waals surface area contributed by atoms with Crippen LogP contribution in [0, 0.1) is 52.3 Å². The van der Waals surface area contributed by atoms with Crippen LogP contribution in [-0.4, -0.2) is 82.3 Å². The molecule has 234 valence electrons. The van der Waals surface area contributed by atoms with E-state index in [0.717, 1.165) is 50.0 Å². The Morgan fingerprint density at radius 2 is 1.61 bits per heavy atom. The number of hydrogen-bond acceptors (Lipinski definition) is 8. The Balaban J connectivity index is 1.03. The smallest absolute Gasteiger partial charge is 0.186 e. The average molecular weight is 579 g/mol. The van der Waals surface area contributed by atoms with Crippen LogP contribution in [0.15, 0.2) is 0 Å². The van der Waals surface area contributed by atoms with Gasteiger partial charge in [0.2, 0.25) is 0 Å². The maximum Gasteiger partial charge on any atom is 0.186 e. The van der Waals surface area contributed by atoms with E-state index in [9.17, 15) is 20.4 Å². The Bertz CT molecular complexity index is 967. The number of aliphatic hydroxyl groups is 4. The van der Waals surface area contributed by atoms with Gasteiger partial charge in [-0.2, -0.15) is 0 Å². The van der Waals surface area contributed by atoms with Crippen molar-refractivity contribution in [2.45, 2.75) is 141 Å². The largest absolute Gasteiger partial charge is 0.394 e. The van der Waals surface area contributed by atoms with E-state index in [1.165, 1.54) is 38.5 Å². The molecule has 3 aliphatic heterocycles. The molecule has 0 radical (unpaired) electrons. The van der Waals surface area contributed by atoms with Crippen molar-refractivity contribution in [2.24, 2.45) is 52.3 Å². The minimum Gasteiger partial charge on any atom is -0.394 e. The SMILES string of the molecule is CC1CC[C@@]2(OC1)O[C@H]1C[C@H]3[C@@H]4CCC5CC(O[C@@H]6O[C@H](CO)[C@@H](O)[C@H](O)[C@H]6O)CC[C@]5(C)[C@H]4CC[C@]3(C)[C@H]1[C@@H]2C. The van der Waals surface area contributed by atoms with Gasteiger partial charge in [0.25, 0.3) is 0 Å². The zero-order valence-corrected chi connectivity index (χ0v) is 25.5. The second-order valence-corrected chi connectivity index (χ2v) is 15.9. The third-order valence-electron chi connectivity index (χ3n) is 14.1. The quantitative estimate of drug-likeness (QED) is 0.375. The van der Waals surface area contributed by atoms with Crippen LogP contribution in [0.5, 0.6) is 0 Å². The van der Waals surface area contributed by atoms with Crippen LogP contribution in [0.25, 0.3) is 0 Å². The maximum atomic E-state index is 10.5. The molecule has 7 fully saturated rings. The fourth-order valence-corrected chi connectivity index (χ4v) is 11.7. The molecule has 17 atom stereocenters. The summed E-state index contributed by atoms with van der Waals surface area (Å²) in [5.74, 6) is 4.08. The summed E-state index contributed by atoms with van der Waals surface area (Å²) in [6.45, 7) is 10.3. The summed E-state index contributed by atoms with van der Waals surface area (Å²) >= 11 is 0. The van der Waals surface area contributed by atoms with Gasteiger partial charge in [0.1, 0.15) is 24.4 Å². The van der Waals surface area contributed by atoms with E-state index in [1.54, 1.807) is 0 Å². The fraction of sp³-hybridized carbons (Fsp3) is 1.00. The molecule has 0 amide bonds. The first-order chi connectivity index (χ1) is 19.5. The Hall–Kier alpha value is -0.320. The third-order valence-corrected chi connectivity index (χ3v) is 14.1. The van der Waals surface area contributed by atoms with Crippen molar-refractivity contribution in [3.05, 3.63) is 0 Å². The van der Waals surface area contributed by atoms with Crippen LogP contribution in [-0.2, 0) is 18.9 Å². The van der Waals surface area contributed by atoms with Gasteiger partial charge < -0.3 is 39.4 Å². The van der Waals surface area contributed by atoms with Crippen molar-refractivity contribution in [1.82, 2.24) is 0 Å². The Morgan fingerprint density at radius 1 is 0.829 bits per heavy atom. The molecule has 0 bridgehead atoms. The van der Waals surface area contributed by atoms with Gasteiger partial charge in [-0.05, 0) is 104 Å². The van der Waals surface area contributed by atoms with Gasteiger partial charge in [0.05, 0.1) is 25.4 Å². The third kappa shape index (κ3) is 4.36. The highest BCUT2D eigenvalue weighted by atomic mass is 16.7. The van der Waals surface area contributed by atoms with Gasteiger partial charge in [-0.25, -0.2) is 0 Å². The van der Waals surface area contributed by atoms with Gasteiger partial charge in [-0.15, -0.1) is 0 Å². The lowest BCUT2D eigenvalue weighted by Crippen LogP contribution is -2.60. The molecule has 7 rings (SSSR count). The molecule has 4 saturated carbocycles. The Labute approximate surface area is 245 Å². The maximum absolute atomic E-state index is 10.5. The number of hydrogen-bond donors (Lipinski definition) is 4. The summed E-state index contributed by atoms with van der Waals surface area (Å²) < 4.78 is 25.4. The van der Waals surface area contributed by atoms with E-state index >= 15 is 0 Å². The van der Waals surface area contributed by atoms with Crippen molar-refractivity contribution in [3.63, 3.8) is 0 Å². The summed E-state index contributed by atoms with van der Waals surface area (Å²) in [4.78, 5) is 0. The first-order valence-electron chi connectivity index (χ1n) is 16.8. The van der Waals surface area contributed by atoms with Crippen LogP contribution >= 0.6 is 0 Å². The normalized spacial score (nSPS) is 60.3. The highest BCUT2D eigenvalue weighted by Crippen LogP contribution is 2.71. The van der Waals surface area contributed by atoms with E-state index in [1.807, 2.05) is 0 Å². The highest BCUT2D eigenvalue weighted by Gasteiger charge is 2.69. The molecule has 7 aliphatic rings. The fourth-order valence-electron chi connectivity index (χ4n) is 11.7. The Kier molecular flexibility index (Phi) is 7.43. The topological polar surface area (TPSA) is 118 Å². The minimum absolute atomic E-state index is 0.0607. The predicted molar refractivity (Wildman–Crippen MR) is 150 cm³/mol. The number of ether oxygens (including phenoxy) is 4. The second-order valence-electron chi connectivity index (χ2n) is 15.9. The van der Waals surface area contributed by atoms with Gasteiger partial charge in [0, 0.05) is 12.3 Å². The summed E-state index contributed by atoms with van der Waals surface area (Å²) in [6, 6.07) is 0. The molecule has 8 heteroatoms. The number of aliphatic hydroxyl groups excluding tert-OH is 4. The zero-order chi connectivity index (χ0) is 28.9. The van der Waals surface area contributed by atoms with Gasteiger partial charge in [0.15, 0.2) is 12.1 Å². The van der Waals surface area contributed by atoms with E-state index in [0.29, 0.717) is 35.2 Å². The predicted octanol–water partition coefficient (Wildman–Crippen LogP) is 3.62. The van der Waals surface area contributed by atoms with Crippen molar-refractivity contribution >= 4 is 0 Å². The van der Waals surface area contributed by atoms with E-state index < -0.39 is 37.3 Å². The molecule has 3 heterocycles. The molecular weight excluding hydrogens is 524 g/mol. The second kappa shape index (κ2) is 10.4. The molecule has 1 spiro atoms. The molecule has 4 aliphatic carbocycles. The first-order valence-corrected chi connectivity index (χ1v) is 16.8. The molecule has 3 unspecified atom stereocenters. The summed E-state index contributed by atoms with van der Waals surface area (Å²) in [5.41, 5.74) is 0.612. The van der Waals surface area contributed by atoms with Crippen molar-refractivity contribution in [1.29, 1.82) is 0 Å². The van der Waals surface area contributed by atoms with Gasteiger partial charge in [-0.1, -0.05) is 27.7 Å². The zero-order valence-electron chi connectivity index (χ0n) is 25.5. The van der Waals surface area contributed by atoms with Crippen LogP contribution in [0.1, 0.15) is 91.9 Å². The molecule has 4 N–H and O–H groups in total. The number of rotatable bonds is 3. The molecule has 3 saturated heterocycles. The van der Waals surface area contributed by atoms with Crippen molar-refractivity contribution in [3.8, 4) is 0 Å². The monoisotopic (exact) mass is 578 g/mol. The average Bonchev–Trinajstić information content (AvgIpc) is 3.40. The molecule has 0 aromatic heterocycles. The van der Waals surface area contributed by atoms with Crippen LogP contribution < -0.4 is 0 Å². The summed E-state index contributed by atoms with van der Waals surface area (Å²) in [5, 5.41) is 40.4. The van der Waals surface area contributed by atoms with Crippen molar-refractivity contribution < 1.29 is 39.4 Å². The lowest BCUT2D eigenvalue weighted by atomic mass is 9.44. The number of fused-ring (bicyclic) bond motifs is 7. The lowest BCUT2D eigenvalue weighted by Gasteiger charge is -2.61. The molecular formula is C33H54O8. The van der Waals surface area contributed by atoms with E-state index in [4.69, 9.17) is 18.9 Å². The van der Waals surface area contributed by atoms with Crippen LogP contribution in [0.4, 0.5) is 0 Å². The molecule has 41 heavy (non-hydrogen) atoms. The summed E-state index contributed by atoms with van der Waals surface area (Å²) in [7, 11) is 0. The van der Waals surface area contributed by atoms with E-state index in [2.05, 4.69) is 27.7 Å². The molecule has 0 aromatic rings. The Morgan fingerprint density at radius 3 is 2.34 bits per heavy atom. The molecule has 8 nitrogen and oxygen atoms in total.